The smallest absolute Gasteiger partial charge is 0.451 e. The predicted molar refractivity (Wildman–Crippen MR) is 81.2 cm³/mol. The number of halogens is 3. The van der Waals surface area contributed by atoms with Gasteiger partial charge < -0.3 is 24.4 Å². The van der Waals surface area contributed by atoms with Crippen LogP contribution in [0.5, 0.6) is 5.88 Å². The van der Waals surface area contributed by atoms with Gasteiger partial charge in [0.05, 0.1) is 25.5 Å². The lowest BCUT2D eigenvalue weighted by Gasteiger charge is -2.35. The van der Waals surface area contributed by atoms with E-state index in [1.807, 2.05) is 0 Å². The van der Waals surface area contributed by atoms with E-state index in [4.69, 9.17) is 14.2 Å². The minimum atomic E-state index is -4.80. The second-order valence-corrected chi connectivity index (χ2v) is 6.77. The molecule has 2 fully saturated rings. The molecule has 2 heterocycles. The Kier molecular flexibility index (Phi) is 5.13. The number of aliphatic hydroxyl groups is 2. The quantitative estimate of drug-likeness (QED) is 0.825. The molecule has 1 saturated heterocycles. The van der Waals surface area contributed by atoms with Crippen LogP contribution in [0.1, 0.15) is 44.1 Å². The molecule has 1 spiro atoms. The molecule has 146 valence electrons. The first-order valence-electron chi connectivity index (χ1n) is 8.38. The molecule has 0 unspecified atom stereocenters. The fourth-order valence-corrected chi connectivity index (χ4v) is 3.07. The van der Waals surface area contributed by atoms with Crippen LogP contribution in [0.4, 0.5) is 13.2 Å². The van der Waals surface area contributed by atoms with Crippen LogP contribution in [0, 0.1) is 0 Å². The van der Waals surface area contributed by atoms with Crippen LogP contribution in [0.25, 0.3) is 0 Å². The van der Waals surface area contributed by atoms with Gasteiger partial charge in [0.1, 0.15) is 11.7 Å². The maximum Gasteiger partial charge on any atom is 0.451 e. The van der Waals surface area contributed by atoms with E-state index in [2.05, 4.69) is 9.97 Å². The molecule has 2 N–H and O–H groups in total. The first-order chi connectivity index (χ1) is 12.1. The molecule has 0 bridgehead atoms. The molecule has 1 aliphatic carbocycles. The highest BCUT2D eigenvalue weighted by atomic mass is 19.4. The van der Waals surface area contributed by atoms with Crippen LogP contribution >= 0.6 is 0 Å². The van der Waals surface area contributed by atoms with Gasteiger partial charge in [-0.1, -0.05) is 0 Å². The summed E-state index contributed by atoms with van der Waals surface area (Å²) in [4.78, 5) is 6.75. The summed E-state index contributed by atoms with van der Waals surface area (Å²) in [5.74, 6) is -2.31. The zero-order valence-electron chi connectivity index (χ0n) is 14.3. The Hall–Kier alpha value is -1.49. The molecular formula is C16H21F3N2O5. The highest BCUT2D eigenvalue weighted by Gasteiger charge is 2.42. The van der Waals surface area contributed by atoms with E-state index >= 15 is 0 Å². The standard InChI is InChI=1S/C16H21F3N2O5/c1-14(23,9-22)11-8-12(21-13(20-11)16(17,18)19)26-10-2-4-15(5-3-10)24-6-7-25-15/h8,10,22-23H,2-7,9H2,1H3/t14-/m1/s1. The third-order valence-corrected chi connectivity index (χ3v) is 4.61. The topological polar surface area (TPSA) is 93.9 Å². The molecular weight excluding hydrogens is 357 g/mol. The zero-order valence-corrected chi connectivity index (χ0v) is 14.3. The number of alkyl halides is 3. The van der Waals surface area contributed by atoms with Crippen molar-refractivity contribution in [2.75, 3.05) is 19.8 Å². The third kappa shape index (κ3) is 4.08. The maximum atomic E-state index is 13.1. The Labute approximate surface area is 148 Å². The molecule has 3 rings (SSSR count). The number of aliphatic hydroxyl groups excluding tert-OH is 1. The number of aromatic nitrogens is 2. The molecule has 1 aromatic heterocycles. The van der Waals surface area contributed by atoms with Gasteiger partial charge in [-0.15, -0.1) is 0 Å². The number of ether oxygens (including phenoxy) is 3. The van der Waals surface area contributed by atoms with Gasteiger partial charge in [0.15, 0.2) is 5.79 Å². The molecule has 2 aliphatic rings. The Bertz CT molecular complexity index is 637. The average molecular weight is 378 g/mol. The first kappa shape index (κ1) is 19.3. The van der Waals surface area contributed by atoms with Gasteiger partial charge in [0.25, 0.3) is 0 Å². The number of rotatable bonds is 4. The lowest BCUT2D eigenvalue weighted by atomic mass is 9.92. The van der Waals surface area contributed by atoms with Crippen molar-refractivity contribution in [3.8, 4) is 5.88 Å². The SMILES string of the molecule is C[C@@](O)(CO)c1cc(OC2CCC3(CC2)OCCO3)nc(C(F)(F)F)n1. The molecule has 1 aromatic rings. The largest absolute Gasteiger partial charge is 0.474 e. The normalized spacial score (nSPS) is 23.2. The monoisotopic (exact) mass is 378 g/mol. The van der Waals surface area contributed by atoms with E-state index in [9.17, 15) is 23.4 Å². The van der Waals surface area contributed by atoms with Gasteiger partial charge in [0.2, 0.25) is 11.7 Å². The summed E-state index contributed by atoms with van der Waals surface area (Å²) >= 11 is 0. The van der Waals surface area contributed by atoms with Crippen molar-refractivity contribution in [1.82, 2.24) is 9.97 Å². The third-order valence-electron chi connectivity index (χ3n) is 4.61. The second-order valence-electron chi connectivity index (χ2n) is 6.77. The van der Waals surface area contributed by atoms with Gasteiger partial charge in [-0.2, -0.15) is 18.2 Å². The van der Waals surface area contributed by atoms with Crippen LogP contribution < -0.4 is 4.74 Å². The summed E-state index contributed by atoms with van der Waals surface area (Å²) in [6, 6.07) is 1.12. The van der Waals surface area contributed by atoms with Gasteiger partial charge in [-0.05, 0) is 19.8 Å². The molecule has 7 nitrogen and oxygen atoms in total. The zero-order chi connectivity index (χ0) is 19.0. The van der Waals surface area contributed by atoms with Crippen LogP contribution in [0.2, 0.25) is 0 Å². The Morgan fingerprint density at radius 1 is 1.23 bits per heavy atom. The minimum absolute atomic E-state index is 0.287. The summed E-state index contributed by atoms with van der Waals surface area (Å²) in [5, 5.41) is 19.3. The van der Waals surface area contributed by atoms with Crippen molar-refractivity contribution in [2.24, 2.45) is 0 Å². The predicted octanol–water partition coefficient (Wildman–Crippen LogP) is 1.76. The van der Waals surface area contributed by atoms with Crippen molar-refractivity contribution in [2.45, 2.75) is 56.3 Å². The Balaban J connectivity index is 1.77. The molecule has 1 aliphatic heterocycles. The minimum Gasteiger partial charge on any atom is -0.474 e. The van der Waals surface area contributed by atoms with Crippen molar-refractivity contribution >= 4 is 0 Å². The molecule has 0 aromatic carbocycles. The van der Waals surface area contributed by atoms with Gasteiger partial charge in [0, 0.05) is 18.9 Å². The van der Waals surface area contributed by atoms with E-state index < -0.39 is 30.0 Å². The van der Waals surface area contributed by atoms with Crippen LogP contribution in [-0.4, -0.2) is 51.9 Å². The number of hydrogen-bond acceptors (Lipinski definition) is 7. The summed E-state index contributed by atoms with van der Waals surface area (Å²) < 4.78 is 56.0. The van der Waals surface area contributed by atoms with Crippen molar-refractivity contribution in [3.05, 3.63) is 17.6 Å². The van der Waals surface area contributed by atoms with E-state index in [1.54, 1.807) is 0 Å². The van der Waals surface area contributed by atoms with Crippen molar-refractivity contribution < 1.29 is 37.6 Å². The lowest BCUT2D eigenvalue weighted by Crippen LogP contribution is -2.38. The lowest BCUT2D eigenvalue weighted by molar-refractivity contribution is -0.186. The van der Waals surface area contributed by atoms with E-state index in [0.717, 1.165) is 6.07 Å². The molecule has 1 saturated carbocycles. The van der Waals surface area contributed by atoms with E-state index in [1.165, 1.54) is 6.92 Å². The molecule has 1 atom stereocenters. The Morgan fingerprint density at radius 2 is 1.85 bits per heavy atom. The fraction of sp³-hybridized carbons (Fsp3) is 0.750. The highest BCUT2D eigenvalue weighted by molar-refractivity contribution is 5.22. The van der Waals surface area contributed by atoms with Crippen LogP contribution in [-0.2, 0) is 21.3 Å². The maximum absolute atomic E-state index is 13.1. The first-order valence-corrected chi connectivity index (χ1v) is 8.38. The molecule has 10 heteroatoms. The summed E-state index contributed by atoms with van der Waals surface area (Å²) in [7, 11) is 0. The van der Waals surface area contributed by atoms with E-state index in [-0.39, 0.29) is 17.7 Å². The van der Waals surface area contributed by atoms with E-state index in [0.29, 0.717) is 38.9 Å². The molecule has 26 heavy (non-hydrogen) atoms. The number of hydrogen-bond donors (Lipinski definition) is 2. The summed E-state index contributed by atoms with van der Waals surface area (Å²) in [5.41, 5.74) is -2.30. The summed E-state index contributed by atoms with van der Waals surface area (Å²) in [6.07, 6.45) is -2.92. The van der Waals surface area contributed by atoms with Gasteiger partial charge in [-0.3, -0.25) is 0 Å². The Morgan fingerprint density at radius 3 is 2.38 bits per heavy atom. The second kappa shape index (κ2) is 6.91. The average Bonchev–Trinajstić information content (AvgIpc) is 3.04. The van der Waals surface area contributed by atoms with Gasteiger partial charge in [-0.25, -0.2) is 4.98 Å². The van der Waals surface area contributed by atoms with Crippen molar-refractivity contribution in [1.29, 1.82) is 0 Å². The summed E-state index contributed by atoms with van der Waals surface area (Å²) in [6.45, 7) is 1.44. The van der Waals surface area contributed by atoms with Crippen LogP contribution in [0.15, 0.2) is 6.07 Å². The molecule has 0 amide bonds. The number of nitrogens with zero attached hydrogens (tertiary/aromatic N) is 2. The highest BCUT2D eigenvalue weighted by Crippen LogP contribution is 2.37. The van der Waals surface area contributed by atoms with Gasteiger partial charge >= 0.3 is 6.18 Å². The van der Waals surface area contributed by atoms with Crippen LogP contribution in [0.3, 0.4) is 0 Å². The fourth-order valence-electron chi connectivity index (χ4n) is 3.07. The van der Waals surface area contributed by atoms with Crippen molar-refractivity contribution in [3.63, 3.8) is 0 Å². The molecule has 0 radical (unpaired) electrons.